The van der Waals surface area contributed by atoms with Crippen molar-refractivity contribution in [2.45, 2.75) is 25.9 Å². The first-order valence-electron chi connectivity index (χ1n) is 9.45. The summed E-state index contributed by atoms with van der Waals surface area (Å²) in [4.78, 5) is 6.64. The molecule has 6 heteroatoms. The summed E-state index contributed by atoms with van der Waals surface area (Å²) in [5.74, 6) is 0. The minimum atomic E-state index is -0.0648. The zero-order valence-corrected chi connectivity index (χ0v) is 16.9. The number of nitrogens with one attached hydrogen (secondary N) is 1. The molecular weight excluding hydrogens is 368 g/mol. The quantitative estimate of drug-likeness (QED) is 0.652. The van der Waals surface area contributed by atoms with E-state index in [-0.39, 0.29) is 18.7 Å². The Hall–Kier alpha value is -2.70. The molecule has 1 aliphatic heterocycles. The van der Waals surface area contributed by atoms with Crippen LogP contribution in [0.4, 0.5) is 0 Å². The second-order valence-electron chi connectivity index (χ2n) is 7.04. The van der Waals surface area contributed by atoms with Gasteiger partial charge >= 0.3 is 0 Å². The molecule has 1 saturated heterocycles. The van der Waals surface area contributed by atoms with Gasteiger partial charge in [0.25, 0.3) is 0 Å². The van der Waals surface area contributed by atoms with Gasteiger partial charge in [-0.3, -0.25) is 4.98 Å². The molecule has 0 spiro atoms. The summed E-state index contributed by atoms with van der Waals surface area (Å²) >= 11 is 5.61. The molecule has 5 nitrogen and oxygen atoms in total. The molecule has 2 N–H and O–H groups in total. The van der Waals surface area contributed by atoms with E-state index in [4.69, 9.17) is 12.2 Å². The first-order valence-corrected chi connectivity index (χ1v) is 9.86. The summed E-state index contributed by atoms with van der Waals surface area (Å²) in [5.41, 5.74) is 5.61. The highest BCUT2D eigenvalue weighted by Crippen LogP contribution is 2.41. The summed E-state index contributed by atoms with van der Waals surface area (Å²) in [6.07, 6.45) is 1.80. The number of aromatic nitrogens is 2. The first-order chi connectivity index (χ1) is 13.6. The van der Waals surface area contributed by atoms with Crippen molar-refractivity contribution in [1.82, 2.24) is 19.8 Å². The predicted molar refractivity (Wildman–Crippen MR) is 114 cm³/mol. The molecule has 1 aromatic carbocycles. The van der Waals surface area contributed by atoms with Gasteiger partial charge in [-0.1, -0.05) is 24.3 Å². The van der Waals surface area contributed by atoms with Gasteiger partial charge in [-0.25, -0.2) is 0 Å². The zero-order chi connectivity index (χ0) is 19.7. The maximum atomic E-state index is 9.62. The van der Waals surface area contributed by atoms with E-state index in [0.717, 1.165) is 11.4 Å². The molecule has 1 fully saturated rings. The number of benzene rings is 1. The molecule has 0 unspecified atom stereocenters. The van der Waals surface area contributed by atoms with Gasteiger partial charge in [-0.05, 0) is 62.0 Å². The van der Waals surface area contributed by atoms with Crippen LogP contribution in [0.2, 0.25) is 0 Å². The van der Waals surface area contributed by atoms with Gasteiger partial charge in [0, 0.05) is 29.8 Å². The maximum Gasteiger partial charge on any atom is 0.170 e. The molecule has 3 heterocycles. The van der Waals surface area contributed by atoms with E-state index in [1.54, 1.807) is 6.20 Å². The van der Waals surface area contributed by atoms with Gasteiger partial charge in [-0.2, -0.15) is 0 Å². The van der Waals surface area contributed by atoms with Crippen molar-refractivity contribution in [2.75, 3.05) is 13.2 Å². The van der Waals surface area contributed by atoms with Crippen LogP contribution in [0.1, 0.15) is 34.7 Å². The number of para-hydroxylation sites is 1. The molecule has 3 aromatic rings. The van der Waals surface area contributed by atoms with Crippen molar-refractivity contribution in [2.24, 2.45) is 0 Å². The van der Waals surface area contributed by atoms with Crippen molar-refractivity contribution in [3.63, 3.8) is 0 Å². The fraction of sp³-hybridized carbons (Fsp3) is 0.273. The smallest absolute Gasteiger partial charge is 0.170 e. The largest absolute Gasteiger partial charge is 0.395 e. The Bertz CT molecular complexity index is 971. The third-order valence-corrected chi connectivity index (χ3v) is 5.69. The molecule has 0 aliphatic carbocycles. The third kappa shape index (κ3) is 3.19. The number of aliphatic hydroxyl groups excluding tert-OH is 1. The lowest BCUT2D eigenvalue weighted by molar-refractivity contribution is 0.223. The van der Waals surface area contributed by atoms with Crippen LogP contribution in [-0.4, -0.2) is 37.8 Å². The molecule has 0 bridgehead atoms. The molecule has 28 heavy (non-hydrogen) atoms. The topological polar surface area (TPSA) is 53.3 Å². The Morgan fingerprint density at radius 3 is 2.54 bits per heavy atom. The van der Waals surface area contributed by atoms with Gasteiger partial charge < -0.3 is 19.9 Å². The Morgan fingerprint density at radius 1 is 1.11 bits per heavy atom. The highest BCUT2D eigenvalue weighted by molar-refractivity contribution is 7.80. The Kier molecular flexibility index (Phi) is 5.15. The highest BCUT2D eigenvalue weighted by Gasteiger charge is 2.41. The van der Waals surface area contributed by atoms with Crippen molar-refractivity contribution < 1.29 is 5.11 Å². The fourth-order valence-corrected chi connectivity index (χ4v) is 4.49. The predicted octanol–water partition coefficient (Wildman–Crippen LogP) is 3.45. The first kappa shape index (κ1) is 18.7. The number of β-amino-alcohol motifs (C(OH)–C–C–N with tert-alkyl or cyclic N) is 1. The van der Waals surface area contributed by atoms with Gasteiger partial charge in [-0.15, -0.1) is 0 Å². The fourth-order valence-electron chi connectivity index (χ4n) is 4.15. The molecule has 1 aliphatic rings. The van der Waals surface area contributed by atoms with E-state index in [0.29, 0.717) is 11.7 Å². The second kappa shape index (κ2) is 7.73. The summed E-state index contributed by atoms with van der Waals surface area (Å²) in [6.45, 7) is 4.79. The van der Waals surface area contributed by atoms with Crippen LogP contribution in [0.3, 0.4) is 0 Å². The molecule has 2 atom stereocenters. The average molecular weight is 393 g/mol. The van der Waals surface area contributed by atoms with Crippen LogP contribution in [0.25, 0.3) is 5.69 Å². The van der Waals surface area contributed by atoms with Gasteiger partial charge in [0.2, 0.25) is 0 Å². The summed E-state index contributed by atoms with van der Waals surface area (Å²) in [6, 6.07) is 18.4. The van der Waals surface area contributed by atoms with Crippen LogP contribution in [0.15, 0.2) is 60.8 Å². The van der Waals surface area contributed by atoms with E-state index < -0.39 is 0 Å². The van der Waals surface area contributed by atoms with E-state index in [1.165, 1.54) is 17.0 Å². The maximum absolute atomic E-state index is 9.62. The lowest BCUT2D eigenvalue weighted by atomic mass is 9.97. The average Bonchev–Trinajstić information content (AvgIpc) is 3.19. The van der Waals surface area contributed by atoms with Crippen molar-refractivity contribution in [3.8, 4) is 5.69 Å². The van der Waals surface area contributed by atoms with Crippen LogP contribution >= 0.6 is 12.2 Å². The molecule has 0 amide bonds. The van der Waals surface area contributed by atoms with Crippen molar-refractivity contribution in [1.29, 1.82) is 0 Å². The molecule has 144 valence electrons. The SMILES string of the molecule is Cc1cc([C@@H]2[C@H](c3ccccn3)NC(=S)N2CCO)c(C)n1-c1ccccc1. The van der Waals surface area contributed by atoms with Gasteiger partial charge in [0.15, 0.2) is 5.11 Å². The highest BCUT2D eigenvalue weighted by atomic mass is 32.1. The molecular formula is C22H24N4OS. The number of aryl methyl sites for hydroxylation is 1. The number of pyridine rings is 1. The summed E-state index contributed by atoms with van der Waals surface area (Å²) < 4.78 is 2.27. The molecule has 2 aromatic heterocycles. The van der Waals surface area contributed by atoms with Crippen LogP contribution in [-0.2, 0) is 0 Å². The van der Waals surface area contributed by atoms with Crippen LogP contribution < -0.4 is 5.32 Å². The van der Waals surface area contributed by atoms with Gasteiger partial charge in [0.1, 0.15) is 0 Å². The zero-order valence-electron chi connectivity index (χ0n) is 16.0. The molecule has 0 saturated carbocycles. The minimum absolute atomic E-state index is 0.0294. The number of aliphatic hydroxyl groups is 1. The summed E-state index contributed by atoms with van der Waals surface area (Å²) in [5, 5.41) is 13.7. The third-order valence-electron chi connectivity index (χ3n) is 5.34. The minimum Gasteiger partial charge on any atom is -0.395 e. The van der Waals surface area contributed by atoms with E-state index >= 15 is 0 Å². The number of hydrogen-bond acceptors (Lipinski definition) is 3. The van der Waals surface area contributed by atoms with Crippen molar-refractivity contribution in [3.05, 3.63) is 83.4 Å². The Labute approximate surface area is 170 Å². The summed E-state index contributed by atoms with van der Waals surface area (Å²) in [7, 11) is 0. The number of hydrogen-bond donors (Lipinski definition) is 2. The number of rotatable bonds is 5. The van der Waals surface area contributed by atoms with Crippen LogP contribution in [0.5, 0.6) is 0 Å². The Balaban J connectivity index is 1.83. The lowest BCUT2D eigenvalue weighted by Crippen LogP contribution is -2.32. The standard InChI is InChI=1S/C22H24N4OS/c1-15-14-18(16(2)26(15)17-8-4-3-5-9-17)21-20(19-10-6-7-11-23-19)24-22(28)25(21)12-13-27/h3-11,14,20-21,27H,12-13H2,1-2H3,(H,24,28)/t20-,21+/m0/s1. The molecule has 4 rings (SSSR count). The van der Waals surface area contributed by atoms with E-state index in [2.05, 4.69) is 63.9 Å². The van der Waals surface area contributed by atoms with Crippen molar-refractivity contribution >= 4 is 17.3 Å². The van der Waals surface area contributed by atoms with E-state index in [9.17, 15) is 5.11 Å². The number of nitrogens with zero attached hydrogens (tertiary/aromatic N) is 3. The number of thiocarbonyl (C=S) groups is 1. The second-order valence-corrected chi connectivity index (χ2v) is 7.43. The van der Waals surface area contributed by atoms with E-state index in [1.807, 2.05) is 24.3 Å². The molecule has 0 radical (unpaired) electrons. The lowest BCUT2D eigenvalue weighted by Gasteiger charge is -2.27. The Morgan fingerprint density at radius 2 is 1.86 bits per heavy atom. The normalized spacial score (nSPS) is 19.1. The van der Waals surface area contributed by atoms with Crippen LogP contribution in [0, 0.1) is 13.8 Å². The van der Waals surface area contributed by atoms with Gasteiger partial charge in [0.05, 0.1) is 24.4 Å². The monoisotopic (exact) mass is 392 g/mol.